The molecule has 8 heteroatoms. The topological polar surface area (TPSA) is 58.1 Å². The minimum absolute atomic E-state index is 0.0774. The number of anilines is 1. The van der Waals surface area contributed by atoms with Crippen LogP contribution in [-0.2, 0) is 11.0 Å². The zero-order chi connectivity index (χ0) is 17.3. The molecule has 2 aromatic rings. The summed E-state index contributed by atoms with van der Waals surface area (Å²) in [6.07, 6.45) is 0.0660. The van der Waals surface area contributed by atoms with E-state index < -0.39 is 11.9 Å². The molecule has 126 valence electrons. The quantitative estimate of drug-likeness (QED) is 0.936. The van der Waals surface area contributed by atoms with E-state index in [-0.39, 0.29) is 30.1 Å². The number of likely N-dealkylation sites (N-methyl/N-ethyl adjacent to an activating group) is 1. The molecule has 5 nitrogen and oxygen atoms in total. The molecule has 1 N–H and O–H groups in total. The summed E-state index contributed by atoms with van der Waals surface area (Å²) >= 11 is 0. The van der Waals surface area contributed by atoms with Crippen molar-refractivity contribution in [3.8, 4) is 0 Å². The molecule has 2 aromatic heterocycles. The zero-order valence-electron chi connectivity index (χ0n) is 12.8. The van der Waals surface area contributed by atoms with Gasteiger partial charge < -0.3 is 10.2 Å². The van der Waals surface area contributed by atoms with Gasteiger partial charge in [-0.2, -0.15) is 13.2 Å². The van der Waals surface area contributed by atoms with Gasteiger partial charge in [-0.3, -0.25) is 14.8 Å². The monoisotopic (exact) mass is 336 g/mol. The van der Waals surface area contributed by atoms with Crippen molar-refractivity contribution in [3.63, 3.8) is 0 Å². The number of pyridine rings is 2. The first-order valence-electron chi connectivity index (χ1n) is 7.31. The molecule has 1 saturated heterocycles. The summed E-state index contributed by atoms with van der Waals surface area (Å²) in [5, 5.41) is 3.03. The van der Waals surface area contributed by atoms with Crippen molar-refractivity contribution >= 4 is 11.6 Å². The Balaban J connectivity index is 1.87. The Morgan fingerprint density at radius 1 is 1.29 bits per heavy atom. The zero-order valence-corrected chi connectivity index (χ0v) is 12.8. The predicted molar refractivity (Wildman–Crippen MR) is 81.0 cm³/mol. The van der Waals surface area contributed by atoms with Crippen LogP contribution in [0.15, 0.2) is 42.9 Å². The van der Waals surface area contributed by atoms with Gasteiger partial charge in [-0.25, -0.2) is 0 Å². The molecule has 3 heterocycles. The third-order valence-corrected chi connectivity index (χ3v) is 4.01. The summed E-state index contributed by atoms with van der Waals surface area (Å²) in [5.41, 5.74) is 0.135. The molecule has 0 aliphatic carbocycles. The SMILES string of the molecule is CN1C(=O)C[C@@H](Nc2ccnc(C(F)(F)F)c2)[C@@H]1c1cccnc1. The fraction of sp³-hybridized carbons (Fsp3) is 0.312. The fourth-order valence-corrected chi connectivity index (χ4v) is 2.90. The molecule has 1 amide bonds. The van der Waals surface area contributed by atoms with Crippen molar-refractivity contribution in [2.45, 2.75) is 24.7 Å². The molecule has 24 heavy (non-hydrogen) atoms. The predicted octanol–water partition coefficient (Wildman–Crippen LogP) is 2.88. The lowest BCUT2D eigenvalue weighted by Crippen LogP contribution is -2.30. The van der Waals surface area contributed by atoms with Gasteiger partial charge in [-0.1, -0.05) is 6.07 Å². The maximum Gasteiger partial charge on any atom is 0.433 e. The molecule has 1 aliphatic rings. The fourth-order valence-electron chi connectivity index (χ4n) is 2.90. The lowest BCUT2D eigenvalue weighted by Gasteiger charge is -2.26. The van der Waals surface area contributed by atoms with Crippen LogP contribution in [0.3, 0.4) is 0 Å². The molecule has 1 aliphatic heterocycles. The third kappa shape index (κ3) is 3.17. The van der Waals surface area contributed by atoms with E-state index >= 15 is 0 Å². The van der Waals surface area contributed by atoms with Crippen molar-refractivity contribution in [1.29, 1.82) is 0 Å². The first-order chi connectivity index (χ1) is 11.4. The Morgan fingerprint density at radius 3 is 2.75 bits per heavy atom. The summed E-state index contributed by atoms with van der Waals surface area (Å²) in [7, 11) is 1.68. The molecule has 0 spiro atoms. The average Bonchev–Trinajstić information content (AvgIpc) is 2.82. The first-order valence-corrected chi connectivity index (χ1v) is 7.31. The molecule has 1 fully saturated rings. The Morgan fingerprint density at radius 2 is 2.08 bits per heavy atom. The molecule has 0 aromatic carbocycles. The molecule has 0 saturated carbocycles. The Labute approximate surface area is 136 Å². The van der Waals surface area contributed by atoms with Crippen molar-refractivity contribution in [3.05, 3.63) is 54.1 Å². The van der Waals surface area contributed by atoms with Gasteiger partial charge in [0.25, 0.3) is 0 Å². The summed E-state index contributed by atoms with van der Waals surface area (Å²) in [6, 6.07) is 5.36. The lowest BCUT2D eigenvalue weighted by molar-refractivity contribution is -0.141. The number of aromatic nitrogens is 2. The number of carbonyl (C=O) groups excluding carboxylic acids is 1. The van der Waals surface area contributed by atoms with Gasteiger partial charge in [-0.05, 0) is 23.8 Å². The highest BCUT2D eigenvalue weighted by molar-refractivity contribution is 5.81. The van der Waals surface area contributed by atoms with E-state index in [0.717, 1.165) is 17.8 Å². The average molecular weight is 336 g/mol. The van der Waals surface area contributed by atoms with Crippen LogP contribution in [0, 0.1) is 0 Å². The Hall–Kier alpha value is -2.64. The number of likely N-dealkylation sites (tertiary alicyclic amines) is 1. The highest BCUT2D eigenvalue weighted by Crippen LogP contribution is 2.34. The van der Waals surface area contributed by atoms with Crippen LogP contribution in [0.4, 0.5) is 18.9 Å². The van der Waals surface area contributed by atoms with Gasteiger partial charge in [0, 0.05) is 37.7 Å². The van der Waals surface area contributed by atoms with Gasteiger partial charge in [-0.15, -0.1) is 0 Å². The molecular formula is C16H15F3N4O. The second-order valence-electron chi connectivity index (χ2n) is 5.62. The van der Waals surface area contributed by atoms with Gasteiger partial charge in [0.05, 0.1) is 12.1 Å². The van der Waals surface area contributed by atoms with E-state index in [1.54, 1.807) is 30.4 Å². The standard InChI is InChI=1S/C16H15F3N4O/c1-23-14(24)8-12(15(23)10-3-2-5-20-9-10)22-11-4-6-21-13(7-11)16(17,18)19/h2-7,9,12,15H,8H2,1H3,(H,21,22)/t12-,15+/m1/s1. The van der Waals surface area contributed by atoms with Crippen LogP contribution < -0.4 is 5.32 Å². The highest BCUT2D eigenvalue weighted by atomic mass is 19.4. The number of alkyl halides is 3. The molecule has 0 radical (unpaired) electrons. The number of halogens is 3. The maximum absolute atomic E-state index is 12.8. The summed E-state index contributed by atoms with van der Waals surface area (Å²) in [5.74, 6) is -0.0774. The second kappa shape index (κ2) is 6.10. The van der Waals surface area contributed by atoms with Gasteiger partial charge in [0.1, 0.15) is 5.69 Å². The molecular weight excluding hydrogens is 321 g/mol. The highest BCUT2D eigenvalue weighted by Gasteiger charge is 2.39. The van der Waals surface area contributed by atoms with Crippen LogP contribution in [0.2, 0.25) is 0 Å². The number of rotatable bonds is 3. The molecule has 2 atom stereocenters. The van der Waals surface area contributed by atoms with E-state index in [9.17, 15) is 18.0 Å². The van der Waals surface area contributed by atoms with Crippen LogP contribution in [0.1, 0.15) is 23.7 Å². The molecule has 3 rings (SSSR count). The van der Waals surface area contributed by atoms with Crippen LogP contribution >= 0.6 is 0 Å². The summed E-state index contributed by atoms with van der Waals surface area (Å²) < 4.78 is 38.4. The number of nitrogens with zero attached hydrogens (tertiary/aromatic N) is 3. The van der Waals surface area contributed by atoms with Crippen LogP contribution in [-0.4, -0.2) is 33.9 Å². The normalized spacial score (nSPS) is 21.2. The molecule has 0 unspecified atom stereocenters. The first kappa shape index (κ1) is 16.2. The van der Waals surface area contributed by atoms with E-state index in [0.29, 0.717) is 0 Å². The van der Waals surface area contributed by atoms with E-state index in [4.69, 9.17) is 0 Å². The summed E-state index contributed by atoms with van der Waals surface area (Å²) in [6.45, 7) is 0. The van der Waals surface area contributed by atoms with Crippen LogP contribution in [0.25, 0.3) is 0 Å². The minimum atomic E-state index is -4.51. The van der Waals surface area contributed by atoms with E-state index in [1.807, 2.05) is 6.07 Å². The minimum Gasteiger partial charge on any atom is -0.379 e. The summed E-state index contributed by atoms with van der Waals surface area (Å²) in [4.78, 5) is 21.0. The van der Waals surface area contributed by atoms with Crippen LogP contribution in [0.5, 0.6) is 0 Å². The number of carbonyl (C=O) groups is 1. The Bertz CT molecular complexity index is 736. The van der Waals surface area contributed by atoms with Crippen molar-refractivity contribution in [1.82, 2.24) is 14.9 Å². The van der Waals surface area contributed by atoms with Gasteiger partial charge in [0.15, 0.2) is 0 Å². The number of hydrogen-bond acceptors (Lipinski definition) is 4. The van der Waals surface area contributed by atoms with Crippen molar-refractivity contribution in [2.75, 3.05) is 12.4 Å². The van der Waals surface area contributed by atoms with Crippen molar-refractivity contribution in [2.24, 2.45) is 0 Å². The Kier molecular flexibility index (Phi) is 4.13. The van der Waals surface area contributed by atoms with E-state index in [1.165, 1.54) is 6.07 Å². The number of nitrogens with one attached hydrogen (secondary N) is 1. The third-order valence-electron chi connectivity index (χ3n) is 4.01. The number of hydrogen-bond donors (Lipinski definition) is 1. The van der Waals surface area contributed by atoms with E-state index in [2.05, 4.69) is 15.3 Å². The van der Waals surface area contributed by atoms with Gasteiger partial charge >= 0.3 is 6.18 Å². The smallest absolute Gasteiger partial charge is 0.379 e. The van der Waals surface area contributed by atoms with Gasteiger partial charge in [0.2, 0.25) is 5.91 Å². The maximum atomic E-state index is 12.8. The molecule has 0 bridgehead atoms. The lowest BCUT2D eigenvalue weighted by atomic mass is 10.0. The second-order valence-corrected chi connectivity index (χ2v) is 5.62. The number of amides is 1. The largest absolute Gasteiger partial charge is 0.433 e. The van der Waals surface area contributed by atoms with Crippen molar-refractivity contribution < 1.29 is 18.0 Å².